The van der Waals surface area contributed by atoms with Gasteiger partial charge in [0.25, 0.3) is 0 Å². The van der Waals surface area contributed by atoms with Crippen LogP contribution in [0.3, 0.4) is 0 Å². The van der Waals surface area contributed by atoms with E-state index in [0.29, 0.717) is 18.0 Å². The summed E-state index contributed by atoms with van der Waals surface area (Å²) in [7, 11) is 1.66. The van der Waals surface area contributed by atoms with Crippen LogP contribution in [0.25, 0.3) is 5.69 Å². The Labute approximate surface area is 170 Å². The normalized spacial score (nSPS) is 15.2. The van der Waals surface area contributed by atoms with Gasteiger partial charge in [-0.2, -0.15) is 4.98 Å². The number of aromatic nitrogens is 2. The van der Waals surface area contributed by atoms with Crippen LogP contribution >= 0.6 is 27.5 Å². The van der Waals surface area contributed by atoms with Gasteiger partial charge in [0.1, 0.15) is 5.75 Å². The third kappa shape index (κ3) is 4.23. The van der Waals surface area contributed by atoms with E-state index < -0.39 is 0 Å². The van der Waals surface area contributed by atoms with Crippen molar-refractivity contribution in [3.63, 3.8) is 0 Å². The van der Waals surface area contributed by atoms with Gasteiger partial charge in [-0.3, -0.25) is 0 Å². The van der Waals surface area contributed by atoms with Crippen molar-refractivity contribution in [1.29, 1.82) is 0 Å². The number of ether oxygens (including phenoxy) is 2. The molecule has 1 aliphatic heterocycles. The van der Waals surface area contributed by atoms with Crippen LogP contribution in [-0.2, 0) is 4.74 Å². The number of nitrogens with zero attached hydrogens (tertiary/aromatic N) is 4. The van der Waals surface area contributed by atoms with Crippen LogP contribution in [0.4, 0.5) is 11.6 Å². The number of morpholine rings is 1. The first-order valence-corrected chi connectivity index (χ1v) is 10.2. The van der Waals surface area contributed by atoms with Crippen molar-refractivity contribution in [2.45, 2.75) is 0 Å². The maximum absolute atomic E-state index is 5.49. The lowest BCUT2D eigenvalue weighted by molar-refractivity contribution is 0.122. The molecule has 0 amide bonds. The molecule has 1 fully saturated rings. The second-order valence-electron chi connectivity index (χ2n) is 5.97. The molecule has 140 valence electrons. The van der Waals surface area contributed by atoms with Gasteiger partial charge in [-0.05, 0) is 60.1 Å². The first-order valence-electron chi connectivity index (χ1n) is 8.61. The summed E-state index contributed by atoms with van der Waals surface area (Å²) in [4.78, 5) is 12.5. The minimum absolute atomic E-state index is 0.711. The number of halogens is 1. The molecule has 1 aromatic heterocycles. The van der Waals surface area contributed by atoms with E-state index in [1.165, 1.54) is 11.5 Å². The smallest absolute Gasteiger partial charge is 0.229 e. The van der Waals surface area contributed by atoms with E-state index in [1.807, 2.05) is 36.4 Å². The Kier molecular flexibility index (Phi) is 5.56. The molecule has 0 atom stereocenters. The Morgan fingerprint density at radius 2 is 1.78 bits per heavy atom. The Morgan fingerprint density at radius 3 is 2.44 bits per heavy atom. The van der Waals surface area contributed by atoms with Crippen LogP contribution in [0, 0.1) is 0 Å². The Hall–Kier alpha value is -2.16. The van der Waals surface area contributed by atoms with Crippen LogP contribution < -0.4 is 14.4 Å². The van der Waals surface area contributed by atoms with Gasteiger partial charge in [0, 0.05) is 17.6 Å². The highest BCUT2D eigenvalue weighted by Gasteiger charge is 2.18. The fourth-order valence-electron chi connectivity index (χ4n) is 2.79. The van der Waals surface area contributed by atoms with E-state index in [9.17, 15) is 0 Å². The van der Waals surface area contributed by atoms with Crippen LogP contribution in [0.2, 0.25) is 0 Å². The second kappa shape index (κ2) is 8.24. The first-order chi connectivity index (χ1) is 13.2. The van der Waals surface area contributed by atoms with Gasteiger partial charge in [0.15, 0.2) is 0 Å². The Balaban J connectivity index is 1.76. The van der Waals surface area contributed by atoms with Crippen LogP contribution in [-0.4, -0.2) is 42.4 Å². The van der Waals surface area contributed by atoms with Crippen molar-refractivity contribution in [2.75, 3.05) is 38.3 Å². The van der Waals surface area contributed by atoms with E-state index in [0.717, 1.165) is 40.6 Å². The minimum atomic E-state index is 0.711. The Bertz CT molecular complexity index is 961. The van der Waals surface area contributed by atoms with E-state index in [1.54, 1.807) is 7.11 Å². The SMILES string of the molecule is COc1ccc(N=c2nc(N3CCOCC3)n(-c3ccc(Br)cc3)s2)cc1. The maximum Gasteiger partial charge on any atom is 0.229 e. The number of anilines is 1. The zero-order chi connectivity index (χ0) is 18.6. The lowest BCUT2D eigenvalue weighted by Crippen LogP contribution is -2.37. The molecule has 1 aliphatic rings. The van der Waals surface area contributed by atoms with Gasteiger partial charge >= 0.3 is 0 Å². The molecule has 0 spiro atoms. The number of benzene rings is 2. The summed E-state index contributed by atoms with van der Waals surface area (Å²) in [5.74, 6) is 1.71. The number of methoxy groups -OCH3 is 1. The molecular weight excluding hydrogens is 428 g/mol. The summed E-state index contributed by atoms with van der Waals surface area (Å²) in [5.41, 5.74) is 1.91. The quantitative estimate of drug-likeness (QED) is 0.611. The molecule has 3 aromatic rings. The number of hydrogen-bond acceptors (Lipinski definition) is 6. The molecule has 2 aromatic carbocycles. The van der Waals surface area contributed by atoms with Gasteiger partial charge in [-0.25, -0.2) is 8.95 Å². The third-order valence-electron chi connectivity index (χ3n) is 4.20. The second-order valence-corrected chi connectivity index (χ2v) is 7.79. The standard InChI is InChI=1S/C19H19BrN4O2S/c1-25-17-8-4-15(5-9-17)21-18-22-19(23-10-12-26-13-11-23)24(27-18)16-6-2-14(20)3-7-16/h2-9H,10-13H2,1H3. The molecule has 0 bridgehead atoms. The molecule has 27 heavy (non-hydrogen) atoms. The summed E-state index contributed by atoms with van der Waals surface area (Å²) in [6, 6.07) is 15.9. The maximum atomic E-state index is 5.49. The fourth-order valence-corrected chi connectivity index (χ4v) is 3.96. The summed E-state index contributed by atoms with van der Waals surface area (Å²) in [6.07, 6.45) is 0. The van der Waals surface area contributed by atoms with Crippen molar-refractivity contribution in [3.05, 3.63) is 57.8 Å². The highest BCUT2D eigenvalue weighted by Crippen LogP contribution is 2.23. The van der Waals surface area contributed by atoms with Gasteiger partial charge in [-0.15, -0.1) is 0 Å². The lowest BCUT2D eigenvalue weighted by Gasteiger charge is -2.27. The molecule has 0 unspecified atom stereocenters. The largest absolute Gasteiger partial charge is 0.497 e. The van der Waals surface area contributed by atoms with Gasteiger partial charge < -0.3 is 14.4 Å². The van der Waals surface area contributed by atoms with Crippen molar-refractivity contribution >= 4 is 39.1 Å². The van der Waals surface area contributed by atoms with E-state index in [2.05, 4.69) is 36.9 Å². The summed E-state index contributed by atoms with van der Waals surface area (Å²) in [5, 5.41) is 0. The van der Waals surface area contributed by atoms with Crippen molar-refractivity contribution < 1.29 is 9.47 Å². The topological polar surface area (TPSA) is 51.9 Å². The molecule has 2 heterocycles. The number of hydrogen-bond donors (Lipinski definition) is 0. The predicted molar refractivity (Wildman–Crippen MR) is 110 cm³/mol. The predicted octanol–water partition coefficient (Wildman–Crippen LogP) is 3.77. The molecule has 4 rings (SSSR count). The van der Waals surface area contributed by atoms with E-state index >= 15 is 0 Å². The molecule has 8 heteroatoms. The minimum Gasteiger partial charge on any atom is -0.497 e. The molecule has 1 saturated heterocycles. The highest BCUT2D eigenvalue weighted by molar-refractivity contribution is 9.10. The van der Waals surface area contributed by atoms with Crippen molar-refractivity contribution in [1.82, 2.24) is 8.94 Å². The molecule has 0 N–H and O–H groups in total. The Morgan fingerprint density at radius 1 is 1.07 bits per heavy atom. The van der Waals surface area contributed by atoms with E-state index in [4.69, 9.17) is 19.5 Å². The van der Waals surface area contributed by atoms with E-state index in [-0.39, 0.29) is 0 Å². The zero-order valence-corrected chi connectivity index (χ0v) is 17.2. The average molecular weight is 447 g/mol. The number of rotatable bonds is 4. The summed E-state index contributed by atoms with van der Waals surface area (Å²) in [6.45, 7) is 3.07. The lowest BCUT2D eigenvalue weighted by atomic mass is 10.3. The monoisotopic (exact) mass is 446 g/mol. The van der Waals surface area contributed by atoms with Gasteiger partial charge in [0.05, 0.1) is 31.7 Å². The van der Waals surface area contributed by atoms with Crippen LogP contribution in [0.5, 0.6) is 5.75 Å². The highest BCUT2D eigenvalue weighted by atomic mass is 79.9. The molecule has 0 saturated carbocycles. The average Bonchev–Trinajstić information content (AvgIpc) is 3.13. The molecule has 0 aliphatic carbocycles. The zero-order valence-electron chi connectivity index (χ0n) is 14.8. The van der Waals surface area contributed by atoms with Crippen molar-refractivity contribution in [2.24, 2.45) is 4.99 Å². The first kappa shape index (κ1) is 18.2. The molecule has 0 radical (unpaired) electrons. The molecular formula is C19H19BrN4O2S. The van der Waals surface area contributed by atoms with Crippen molar-refractivity contribution in [3.8, 4) is 11.4 Å². The van der Waals surface area contributed by atoms with Gasteiger partial charge in [0.2, 0.25) is 10.7 Å². The third-order valence-corrected chi connectivity index (χ3v) is 5.63. The summed E-state index contributed by atoms with van der Waals surface area (Å²) < 4.78 is 13.9. The molecule has 6 nitrogen and oxygen atoms in total. The summed E-state index contributed by atoms with van der Waals surface area (Å²) >= 11 is 5.02. The van der Waals surface area contributed by atoms with Crippen LogP contribution in [0.1, 0.15) is 0 Å². The van der Waals surface area contributed by atoms with Crippen LogP contribution in [0.15, 0.2) is 58.0 Å². The van der Waals surface area contributed by atoms with Gasteiger partial charge in [-0.1, -0.05) is 15.9 Å². The fraction of sp³-hybridized carbons (Fsp3) is 0.263.